The minimum absolute atomic E-state index is 0.0518. The number of carbonyl (C=O) groups excluding carboxylic acids is 1. The van der Waals surface area contributed by atoms with Gasteiger partial charge in [0.15, 0.2) is 5.69 Å². The van der Waals surface area contributed by atoms with E-state index < -0.39 is 46.7 Å². The van der Waals surface area contributed by atoms with Crippen LogP contribution in [0.4, 0.5) is 13.2 Å². The number of aryl methyl sites for hydroxylation is 1. The number of rotatable bonds is 4. The van der Waals surface area contributed by atoms with Crippen LogP contribution in [0.2, 0.25) is 0 Å². The van der Waals surface area contributed by atoms with Gasteiger partial charge >= 0.3 is 12.1 Å². The first-order valence-electron chi connectivity index (χ1n) is 8.38. The van der Waals surface area contributed by atoms with Gasteiger partial charge in [-0.1, -0.05) is 6.07 Å². The third kappa shape index (κ3) is 3.90. The molecule has 2 aromatic rings. The van der Waals surface area contributed by atoms with Gasteiger partial charge in [-0.3, -0.25) is 14.4 Å². The summed E-state index contributed by atoms with van der Waals surface area (Å²) in [6, 6.07) is 5.09. The molecule has 0 spiro atoms. The summed E-state index contributed by atoms with van der Waals surface area (Å²) in [5, 5.41) is 15.3. The van der Waals surface area contributed by atoms with E-state index in [1.807, 2.05) is 0 Å². The van der Waals surface area contributed by atoms with Crippen molar-refractivity contribution in [2.24, 2.45) is 5.92 Å². The lowest BCUT2D eigenvalue weighted by molar-refractivity contribution is -0.145. The van der Waals surface area contributed by atoms with Gasteiger partial charge in [0.25, 0.3) is 5.91 Å². The minimum Gasteiger partial charge on any atom is -0.481 e. The number of hydrogen-bond donors (Lipinski definition) is 2. The zero-order chi connectivity index (χ0) is 20.6. The van der Waals surface area contributed by atoms with Crippen molar-refractivity contribution < 1.29 is 27.9 Å². The van der Waals surface area contributed by atoms with E-state index in [-0.39, 0.29) is 24.2 Å². The molecular formula is C18H16F3N3O4. The first-order chi connectivity index (χ1) is 13.1. The maximum atomic E-state index is 12.9. The van der Waals surface area contributed by atoms with Crippen molar-refractivity contribution in [3.05, 3.63) is 57.5 Å². The van der Waals surface area contributed by atoms with E-state index in [1.165, 1.54) is 19.1 Å². The quantitative estimate of drug-likeness (QED) is 0.826. The molecule has 28 heavy (non-hydrogen) atoms. The fourth-order valence-electron chi connectivity index (χ4n) is 2.97. The summed E-state index contributed by atoms with van der Waals surface area (Å²) >= 11 is 0. The van der Waals surface area contributed by atoms with Crippen molar-refractivity contribution in [1.29, 1.82) is 0 Å². The Bertz CT molecular complexity index is 994. The van der Waals surface area contributed by atoms with Crippen LogP contribution in [0.1, 0.15) is 34.6 Å². The molecule has 0 unspecified atom stereocenters. The molecule has 1 saturated carbocycles. The summed E-state index contributed by atoms with van der Waals surface area (Å²) < 4.78 is 39.9. The lowest BCUT2D eigenvalue weighted by Gasteiger charge is -2.32. The fourth-order valence-corrected chi connectivity index (χ4v) is 2.97. The SMILES string of the molecule is Cc1cc(=O)c(C(=O)NC2CC(C(=O)O)C2)nn1-c1cccc(C(F)(F)F)c1. The van der Waals surface area contributed by atoms with Crippen molar-refractivity contribution in [1.82, 2.24) is 15.1 Å². The van der Waals surface area contributed by atoms with E-state index in [0.29, 0.717) is 0 Å². The molecule has 0 bridgehead atoms. The number of alkyl halides is 3. The predicted octanol–water partition coefficient (Wildman–Crippen LogP) is 2.15. The molecule has 1 heterocycles. The van der Waals surface area contributed by atoms with Crippen molar-refractivity contribution in [2.45, 2.75) is 32.0 Å². The molecule has 1 aromatic heterocycles. The van der Waals surface area contributed by atoms with Crippen LogP contribution in [0.5, 0.6) is 0 Å². The van der Waals surface area contributed by atoms with Gasteiger partial charge in [-0.2, -0.15) is 18.3 Å². The highest BCUT2D eigenvalue weighted by atomic mass is 19.4. The number of hydrogen-bond acceptors (Lipinski definition) is 4. The van der Waals surface area contributed by atoms with Crippen molar-refractivity contribution in [3.63, 3.8) is 0 Å². The normalized spacial score (nSPS) is 19.0. The molecule has 0 saturated heterocycles. The molecule has 3 rings (SSSR count). The lowest BCUT2D eigenvalue weighted by Crippen LogP contribution is -2.48. The monoisotopic (exact) mass is 395 g/mol. The molecule has 1 aliphatic carbocycles. The lowest BCUT2D eigenvalue weighted by atomic mass is 9.80. The average molecular weight is 395 g/mol. The maximum absolute atomic E-state index is 12.9. The van der Waals surface area contributed by atoms with Crippen LogP contribution in [0, 0.1) is 12.8 Å². The van der Waals surface area contributed by atoms with Gasteiger partial charge in [-0.15, -0.1) is 0 Å². The van der Waals surface area contributed by atoms with Crippen LogP contribution in [0.15, 0.2) is 35.1 Å². The van der Waals surface area contributed by atoms with Crippen LogP contribution in [0.25, 0.3) is 5.69 Å². The summed E-state index contributed by atoms with van der Waals surface area (Å²) in [6.07, 6.45) is -4.06. The molecule has 1 fully saturated rings. The Morgan fingerprint density at radius 3 is 2.54 bits per heavy atom. The average Bonchev–Trinajstić information content (AvgIpc) is 2.56. The summed E-state index contributed by atoms with van der Waals surface area (Å²) in [4.78, 5) is 35.3. The number of carbonyl (C=O) groups is 2. The Labute approximate surface area is 156 Å². The number of carboxylic acids is 1. The summed E-state index contributed by atoms with van der Waals surface area (Å²) in [6.45, 7) is 1.49. The Kier molecular flexibility index (Phi) is 4.97. The third-order valence-corrected chi connectivity index (χ3v) is 4.56. The third-order valence-electron chi connectivity index (χ3n) is 4.56. The van der Waals surface area contributed by atoms with Crippen LogP contribution < -0.4 is 10.7 Å². The number of nitrogens with one attached hydrogen (secondary N) is 1. The highest BCUT2D eigenvalue weighted by Crippen LogP contribution is 2.30. The number of nitrogens with zero attached hydrogens (tertiary/aromatic N) is 2. The van der Waals surface area contributed by atoms with E-state index in [9.17, 15) is 27.6 Å². The molecule has 0 radical (unpaired) electrons. The molecule has 148 valence electrons. The second-order valence-corrected chi connectivity index (χ2v) is 6.64. The summed E-state index contributed by atoms with van der Waals surface area (Å²) in [5.41, 5.74) is -1.72. The summed E-state index contributed by atoms with van der Waals surface area (Å²) in [5.74, 6) is -2.29. The van der Waals surface area contributed by atoms with E-state index in [0.717, 1.165) is 22.9 Å². The van der Waals surface area contributed by atoms with Crippen molar-refractivity contribution in [3.8, 4) is 5.69 Å². The van der Waals surface area contributed by atoms with Gasteiger partial charge in [0, 0.05) is 17.8 Å². The Morgan fingerprint density at radius 2 is 1.93 bits per heavy atom. The fraction of sp³-hybridized carbons (Fsp3) is 0.333. The van der Waals surface area contributed by atoms with E-state index in [1.54, 1.807) is 0 Å². The molecular weight excluding hydrogens is 379 g/mol. The number of amides is 1. The van der Waals surface area contributed by atoms with Crippen LogP contribution >= 0.6 is 0 Å². The highest BCUT2D eigenvalue weighted by molar-refractivity contribution is 5.92. The number of benzene rings is 1. The van der Waals surface area contributed by atoms with E-state index in [4.69, 9.17) is 5.11 Å². The van der Waals surface area contributed by atoms with Gasteiger partial charge in [0.2, 0.25) is 5.43 Å². The first kappa shape index (κ1) is 19.6. The van der Waals surface area contributed by atoms with Crippen molar-refractivity contribution in [2.75, 3.05) is 0 Å². The molecule has 10 heteroatoms. The first-order valence-corrected chi connectivity index (χ1v) is 8.38. The molecule has 1 amide bonds. The van der Waals surface area contributed by atoms with Crippen LogP contribution in [-0.4, -0.2) is 32.8 Å². The predicted molar refractivity (Wildman–Crippen MR) is 91.2 cm³/mol. The topological polar surface area (TPSA) is 101 Å². The van der Waals surface area contributed by atoms with Gasteiger partial charge in [-0.05, 0) is 38.0 Å². The maximum Gasteiger partial charge on any atom is 0.416 e. The molecule has 0 aliphatic heterocycles. The zero-order valence-corrected chi connectivity index (χ0v) is 14.7. The van der Waals surface area contributed by atoms with Gasteiger partial charge in [0.1, 0.15) is 0 Å². The van der Waals surface area contributed by atoms with E-state index in [2.05, 4.69) is 10.4 Å². The second kappa shape index (κ2) is 7.10. The molecule has 7 nitrogen and oxygen atoms in total. The van der Waals surface area contributed by atoms with Crippen molar-refractivity contribution >= 4 is 11.9 Å². The standard InChI is InChI=1S/C18H16F3N3O4/c1-9-5-14(25)15(16(26)22-12-6-10(7-12)17(27)28)23-24(9)13-4-2-3-11(8-13)18(19,20)21/h2-5,8,10,12H,6-7H2,1H3,(H,22,26)(H,27,28). The second-order valence-electron chi connectivity index (χ2n) is 6.64. The minimum atomic E-state index is -4.55. The van der Waals surface area contributed by atoms with E-state index >= 15 is 0 Å². The molecule has 1 aromatic carbocycles. The largest absolute Gasteiger partial charge is 0.481 e. The Morgan fingerprint density at radius 1 is 1.25 bits per heavy atom. The van der Waals surface area contributed by atoms with Crippen LogP contribution in [0.3, 0.4) is 0 Å². The summed E-state index contributed by atoms with van der Waals surface area (Å²) in [7, 11) is 0. The highest BCUT2D eigenvalue weighted by Gasteiger charge is 2.36. The zero-order valence-electron chi connectivity index (χ0n) is 14.7. The van der Waals surface area contributed by atoms with Crippen LogP contribution in [-0.2, 0) is 11.0 Å². The molecule has 1 aliphatic rings. The number of aliphatic carboxylic acids is 1. The Hall–Kier alpha value is -3.17. The number of aromatic nitrogens is 2. The van der Waals surface area contributed by atoms with Gasteiger partial charge in [0.05, 0.1) is 17.2 Å². The molecule has 2 N–H and O–H groups in total. The van der Waals surface area contributed by atoms with Gasteiger partial charge < -0.3 is 10.4 Å². The van der Waals surface area contributed by atoms with Gasteiger partial charge in [-0.25, -0.2) is 4.68 Å². The number of halogens is 3. The Balaban J connectivity index is 1.88. The number of carboxylic acid groups (broad SMARTS) is 1. The molecule has 0 atom stereocenters. The smallest absolute Gasteiger partial charge is 0.416 e.